The predicted molar refractivity (Wildman–Crippen MR) is 64.5 cm³/mol. The van der Waals surface area contributed by atoms with Gasteiger partial charge >= 0.3 is 0 Å². The molecule has 0 aliphatic rings. The first-order valence-electron chi connectivity index (χ1n) is 4.96. The maximum Gasteiger partial charge on any atom is 0.123 e. The van der Waals surface area contributed by atoms with Gasteiger partial charge in [-0.3, -0.25) is 4.99 Å². The first-order chi connectivity index (χ1) is 7.81. The van der Waals surface area contributed by atoms with Crippen molar-refractivity contribution in [1.29, 1.82) is 0 Å². The van der Waals surface area contributed by atoms with Crippen molar-refractivity contribution < 1.29 is 9.84 Å². The summed E-state index contributed by atoms with van der Waals surface area (Å²) >= 11 is 0. The van der Waals surface area contributed by atoms with Crippen LogP contribution < -0.4 is 10.5 Å². The zero-order chi connectivity index (χ0) is 11.8. The largest absolute Gasteiger partial charge is 0.496 e. The van der Waals surface area contributed by atoms with Gasteiger partial charge in [0.25, 0.3) is 0 Å². The van der Waals surface area contributed by atoms with E-state index < -0.39 is 0 Å². The molecule has 86 valence electrons. The van der Waals surface area contributed by atoms with E-state index in [1.54, 1.807) is 13.2 Å². The number of hydrogen-bond donors (Lipinski definition) is 2. The molecule has 3 N–H and O–H groups in total. The Morgan fingerprint density at radius 1 is 1.50 bits per heavy atom. The molecule has 0 saturated carbocycles. The monoisotopic (exact) mass is 220 g/mol. The zero-order valence-corrected chi connectivity index (χ0v) is 9.26. The molecule has 1 aromatic carbocycles. The number of nitrogens with zero attached hydrogens (tertiary/aromatic N) is 1. The Hall–Kier alpha value is -1.81. The molecule has 0 saturated heterocycles. The third-order valence-corrected chi connectivity index (χ3v) is 2.10. The van der Waals surface area contributed by atoms with E-state index in [2.05, 4.69) is 4.99 Å². The van der Waals surface area contributed by atoms with Gasteiger partial charge in [-0.1, -0.05) is 18.2 Å². The lowest BCUT2D eigenvalue weighted by Crippen LogP contribution is -2.02. The van der Waals surface area contributed by atoms with Crippen molar-refractivity contribution >= 4 is 5.71 Å². The van der Waals surface area contributed by atoms with E-state index in [-0.39, 0.29) is 6.61 Å². The number of methoxy groups -OCH3 is 1. The van der Waals surface area contributed by atoms with Crippen LogP contribution in [0.4, 0.5) is 0 Å². The van der Waals surface area contributed by atoms with E-state index in [0.29, 0.717) is 12.3 Å². The molecule has 0 fully saturated rings. The molecule has 16 heavy (non-hydrogen) atoms. The van der Waals surface area contributed by atoms with Gasteiger partial charge in [-0.2, -0.15) is 0 Å². The minimum Gasteiger partial charge on any atom is -0.496 e. The average Bonchev–Trinajstić information content (AvgIpc) is 2.34. The molecular formula is C12H16N2O2. The maximum atomic E-state index is 8.99. The Morgan fingerprint density at radius 3 is 2.88 bits per heavy atom. The molecule has 0 bridgehead atoms. The Kier molecular flexibility index (Phi) is 5.08. The molecule has 0 aliphatic heterocycles. The molecule has 0 amide bonds. The van der Waals surface area contributed by atoms with Crippen molar-refractivity contribution in [3.05, 3.63) is 42.1 Å². The molecule has 1 aromatic rings. The average molecular weight is 220 g/mol. The van der Waals surface area contributed by atoms with Gasteiger partial charge in [0, 0.05) is 5.56 Å². The molecule has 4 heteroatoms. The number of aliphatic hydroxyl groups excluding tert-OH is 1. The van der Waals surface area contributed by atoms with E-state index in [9.17, 15) is 0 Å². The highest BCUT2D eigenvalue weighted by molar-refractivity contribution is 5.95. The second-order valence-corrected chi connectivity index (χ2v) is 3.14. The minimum atomic E-state index is -0.122. The van der Waals surface area contributed by atoms with Gasteiger partial charge in [0.1, 0.15) is 5.75 Å². The number of ether oxygens (including phenoxy) is 1. The molecule has 1 rings (SSSR count). The number of hydrogen-bond acceptors (Lipinski definition) is 4. The lowest BCUT2D eigenvalue weighted by Gasteiger charge is -2.05. The van der Waals surface area contributed by atoms with Crippen LogP contribution in [0.1, 0.15) is 5.56 Å². The van der Waals surface area contributed by atoms with Crippen molar-refractivity contribution in [2.45, 2.75) is 6.54 Å². The van der Waals surface area contributed by atoms with Crippen molar-refractivity contribution in [3.8, 4) is 5.75 Å². The van der Waals surface area contributed by atoms with Crippen LogP contribution in [-0.2, 0) is 6.54 Å². The number of aliphatic hydroxyl groups is 1. The predicted octanol–water partition coefficient (Wildman–Crippen LogP) is 1.10. The number of para-hydroxylation sites is 1. The fourth-order valence-electron chi connectivity index (χ4n) is 1.29. The van der Waals surface area contributed by atoms with Crippen LogP contribution in [-0.4, -0.2) is 24.5 Å². The molecular weight excluding hydrogens is 204 g/mol. The second-order valence-electron chi connectivity index (χ2n) is 3.14. The summed E-state index contributed by atoms with van der Waals surface area (Å²) in [4.78, 5) is 4.23. The van der Waals surface area contributed by atoms with Gasteiger partial charge in [0.05, 0.1) is 26.0 Å². The normalized spacial score (nSPS) is 12.0. The molecule has 0 heterocycles. The molecule has 0 aliphatic carbocycles. The smallest absolute Gasteiger partial charge is 0.123 e. The Balaban J connectivity index is 2.80. The molecule has 0 atom stereocenters. The summed E-state index contributed by atoms with van der Waals surface area (Å²) in [5.74, 6) is 0.792. The summed E-state index contributed by atoms with van der Waals surface area (Å²) in [6, 6.07) is 7.63. The topological polar surface area (TPSA) is 67.8 Å². The van der Waals surface area contributed by atoms with Gasteiger partial charge < -0.3 is 15.6 Å². The molecule has 0 radical (unpaired) electrons. The number of nitrogens with two attached hydrogens (primary N) is 1. The Bertz CT molecular complexity index is 386. The molecule has 0 spiro atoms. The second kappa shape index (κ2) is 6.63. The third-order valence-electron chi connectivity index (χ3n) is 2.10. The highest BCUT2D eigenvalue weighted by atomic mass is 16.5. The summed E-state index contributed by atoms with van der Waals surface area (Å²) in [6.45, 7) is 0.340. The van der Waals surface area contributed by atoms with E-state index >= 15 is 0 Å². The van der Waals surface area contributed by atoms with Crippen molar-refractivity contribution in [2.24, 2.45) is 10.7 Å². The van der Waals surface area contributed by atoms with Crippen LogP contribution in [0.5, 0.6) is 5.75 Å². The summed E-state index contributed by atoms with van der Waals surface area (Å²) in [7, 11) is 1.62. The van der Waals surface area contributed by atoms with Gasteiger partial charge in [-0.15, -0.1) is 0 Å². The van der Waals surface area contributed by atoms with Gasteiger partial charge in [0.15, 0.2) is 0 Å². The summed E-state index contributed by atoms with van der Waals surface area (Å²) in [6.07, 6.45) is 2.94. The van der Waals surface area contributed by atoms with E-state index in [0.717, 1.165) is 11.3 Å². The highest BCUT2D eigenvalue weighted by Gasteiger charge is 2.00. The molecule has 0 aromatic heterocycles. The first kappa shape index (κ1) is 12.3. The van der Waals surface area contributed by atoms with Crippen LogP contribution in [0.25, 0.3) is 0 Å². The minimum absolute atomic E-state index is 0.122. The lowest BCUT2D eigenvalue weighted by atomic mass is 10.2. The van der Waals surface area contributed by atoms with Crippen molar-refractivity contribution in [3.63, 3.8) is 0 Å². The van der Waals surface area contributed by atoms with E-state index in [4.69, 9.17) is 15.6 Å². The van der Waals surface area contributed by atoms with Crippen LogP contribution in [0.2, 0.25) is 0 Å². The Labute approximate surface area is 95.1 Å². The summed E-state index contributed by atoms with van der Waals surface area (Å²) in [5, 5.41) is 8.99. The standard InChI is InChI=1S/C12H16N2O2/c1-16-12-5-3-2-4-10(12)8-14-11(9-15)6-7-13/h2-7,15H,8-9,13H2,1H3/b7-6-,14-11?. The Morgan fingerprint density at radius 2 is 2.25 bits per heavy atom. The van der Waals surface area contributed by atoms with E-state index in [1.165, 1.54) is 6.20 Å². The summed E-state index contributed by atoms with van der Waals surface area (Å²) < 4.78 is 5.20. The summed E-state index contributed by atoms with van der Waals surface area (Å²) in [5.41, 5.74) is 6.76. The van der Waals surface area contributed by atoms with Crippen LogP contribution in [0.3, 0.4) is 0 Å². The SMILES string of the molecule is COc1ccccc1CN=C(/C=C\N)CO. The quantitative estimate of drug-likeness (QED) is 0.730. The van der Waals surface area contributed by atoms with Crippen molar-refractivity contribution in [1.82, 2.24) is 0 Å². The maximum absolute atomic E-state index is 8.99. The number of aliphatic imine (C=N–C) groups is 1. The highest BCUT2D eigenvalue weighted by Crippen LogP contribution is 2.17. The number of benzene rings is 1. The van der Waals surface area contributed by atoms with Crippen LogP contribution in [0, 0.1) is 0 Å². The van der Waals surface area contributed by atoms with Gasteiger partial charge in [-0.25, -0.2) is 0 Å². The van der Waals surface area contributed by atoms with E-state index in [1.807, 2.05) is 24.3 Å². The molecule has 4 nitrogen and oxygen atoms in total. The van der Waals surface area contributed by atoms with Crippen LogP contribution >= 0.6 is 0 Å². The lowest BCUT2D eigenvalue weighted by molar-refractivity contribution is 0.357. The number of rotatable bonds is 5. The van der Waals surface area contributed by atoms with Crippen LogP contribution in [0.15, 0.2) is 41.5 Å². The fourth-order valence-corrected chi connectivity index (χ4v) is 1.29. The molecule has 0 unspecified atom stereocenters. The van der Waals surface area contributed by atoms with Gasteiger partial charge in [0.2, 0.25) is 0 Å². The van der Waals surface area contributed by atoms with Crippen molar-refractivity contribution in [2.75, 3.05) is 13.7 Å². The van der Waals surface area contributed by atoms with Gasteiger partial charge in [-0.05, 0) is 18.3 Å². The third kappa shape index (κ3) is 3.40. The fraction of sp³-hybridized carbons (Fsp3) is 0.250. The first-order valence-corrected chi connectivity index (χ1v) is 4.96. The zero-order valence-electron chi connectivity index (χ0n) is 9.26.